The van der Waals surface area contributed by atoms with Gasteiger partial charge in [0.15, 0.2) is 0 Å². The molecule has 0 bridgehead atoms. The smallest absolute Gasteiger partial charge is 0.223 e. The van der Waals surface area contributed by atoms with Gasteiger partial charge in [-0.2, -0.15) is 0 Å². The lowest BCUT2D eigenvalue weighted by atomic mass is 9.77. The highest BCUT2D eigenvalue weighted by Crippen LogP contribution is 2.31. The number of hydrogen-bond acceptors (Lipinski definition) is 9. The quantitative estimate of drug-likeness (QED) is 0.0688. The number of nitrogens with one attached hydrogen (secondary N) is 2. The summed E-state index contributed by atoms with van der Waals surface area (Å²) >= 11 is 0. The van der Waals surface area contributed by atoms with Crippen molar-refractivity contribution in [2.45, 2.75) is 151 Å². The second-order valence-electron chi connectivity index (χ2n) is 17.1. The van der Waals surface area contributed by atoms with Gasteiger partial charge in [0.2, 0.25) is 11.8 Å². The van der Waals surface area contributed by atoms with E-state index >= 15 is 0 Å². The van der Waals surface area contributed by atoms with E-state index in [1.807, 2.05) is 27.7 Å². The third-order valence-corrected chi connectivity index (χ3v) is 10.8. The molecule has 2 fully saturated rings. The van der Waals surface area contributed by atoms with Crippen LogP contribution in [-0.2, 0) is 42.9 Å². The van der Waals surface area contributed by atoms with Crippen molar-refractivity contribution < 1.29 is 45.7 Å². The Morgan fingerprint density at radius 3 is 1.57 bits per heavy atom. The number of ether oxygens (including phenoxy) is 5. The Bertz CT molecular complexity index is 1030. The molecule has 2 rings (SSSR count). The molecule has 0 aromatic rings. The predicted molar refractivity (Wildman–Crippen MR) is 228 cm³/mol. The molecule has 0 aromatic carbocycles. The van der Waals surface area contributed by atoms with Gasteiger partial charge in [0.05, 0.1) is 33.0 Å². The molecule has 2 N–H and O–H groups in total. The van der Waals surface area contributed by atoms with Crippen LogP contribution in [0.3, 0.4) is 0 Å². The largest absolute Gasteiger partial charge is 0.381 e. The summed E-state index contributed by atoms with van der Waals surface area (Å²) in [4.78, 5) is 48.4. The number of Topliss-reactive ketones (excluding diaryl/α,β-unsaturated/α-hetero) is 2. The van der Waals surface area contributed by atoms with Gasteiger partial charge in [-0.25, -0.2) is 0 Å². The molecule has 11 nitrogen and oxygen atoms in total. The monoisotopic (exact) mass is 801 g/mol. The zero-order chi connectivity index (χ0) is 41.6. The highest BCUT2D eigenvalue weighted by atomic mass is 16.5. The van der Waals surface area contributed by atoms with E-state index in [4.69, 9.17) is 23.7 Å². The molecule has 332 valence electrons. The summed E-state index contributed by atoms with van der Waals surface area (Å²) in [6, 6.07) is 0.197. The molecule has 11 heteroatoms. The zero-order valence-corrected chi connectivity index (χ0v) is 37.0. The van der Waals surface area contributed by atoms with Crippen molar-refractivity contribution in [3.63, 3.8) is 0 Å². The van der Waals surface area contributed by atoms with Gasteiger partial charge in [-0.05, 0) is 88.9 Å². The molecule has 2 amide bonds. The van der Waals surface area contributed by atoms with Crippen LogP contribution in [0.4, 0.5) is 0 Å². The molecule has 0 saturated heterocycles. The number of hydrogen-bond donors (Lipinski definition) is 2. The van der Waals surface area contributed by atoms with Gasteiger partial charge in [-0.3, -0.25) is 19.2 Å². The number of unbranched alkanes of at least 4 members (excludes halogenated alkanes) is 1. The minimum Gasteiger partial charge on any atom is -0.381 e. The van der Waals surface area contributed by atoms with Gasteiger partial charge >= 0.3 is 0 Å². The Balaban J connectivity index is 0. The molecule has 56 heavy (non-hydrogen) atoms. The van der Waals surface area contributed by atoms with Crippen molar-refractivity contribution in [3.05, 3.63) is 0 Å². The van der Waals surface area contributed by atoms with Crippen LogP contribution in [0.1, 0.15) is 148 Å². The van der Waals surface area contributed by atoms with Crippen molar-refractivity contribution in [3.8, 4) is 0 Å². The van der Waals surface area contributed by atoms with Gasteiger partial charge in [0.25, 0.3) is 0 Å². The van der Waals surface area contributed by atoms with Crippen molar-refractivity contribution >= 4 is 23.4 Å². The molecule has 0 heterocycles. The average Bonchev–Trinajstić information content (AvgIpc) is 3.18. The predicted octanol–water partition coefficient (Wildman–Crippen LogP) is 8.25. The van der Waals surface area contributed by atoms with Crippen molar-refractivity contribution in [2.24, 2.45) is 41.4 Å². The molecular formula is C45H88N2O9. The molecule has 0 spiro atoms. The van der Waals surface area contributed by atoms with E-state index in [9.17, 15) is 19.2 Å². The van der Waals surface area contributed by atoms with E-state index < -0.39 is 0 Å². The van der Waals surface area contributed by atoms with E-state index in [1.54, 1.807) is 0 Å². The maximum Gasteiger partial charge on any atom is 0.223 e. The lowest BCUT2D eigenvalue weighted by Crippen LogP contribution is -2.39. The summed E-state index contributed by atoms with van der Waals surface area (Å²) in [6.45, 7) is 23.7. The van der Waals surface area contributed by atoms with Gasteiger partial charge in [0, 0.05) is 84.5 Å². The van der Waals surface area contributed by atoms with Crippen LogP contribution in [0.5, 0.6) is 0 Å². The highest BCUT2D eigenvalue weighted by molar-refractivity contribution is 5.84. The fraction of sp³-hybridized carbons (Fsp3) is 0.911. The maximum absolute atomic E-state index is 12.2. The normalized spacial score (nSPS) is 20.4. The van der Waals surface area contributed by atoms with Crippen molar-refractivity contribution in [2.75, 3.05) is 72.6 Å². The first kappa shape index (κ1) is 52.1. The number of carbonyl (C=O) groups is 4. The van der Waals surface area contributed by atoms with E-state index in [0.29, 0.717) is 76.0 Å². The van der Waals surface area contributed by atoms with Crippen molar-refractivity contribution in [1.82, 2.24) is 10.6 Å². The molecule has 2 saturated carbocycles. The first-order valence-electron chi connectivity index (χ1n) is 22.4. The third kappa shape index (κ3) is 26.2. The molecule has 1 unspecified atom stereocenters. The van der Waals surface area contributed by atoms with Gasteiger partial charge in [-0.1, -0.05) is 61.8 Å². The standard InChI is InChI=1S/C23H43NO5.C22H41NO4.2H2/c1-5-19(4)10-12-27-14-16-29-17-15-28-13-11-22(25)24-21-8-6-20(7-9-21)23(26)18(2)3;1-17(2)16-27-14-6-5-13-26-15-7-12-23-22(25)20-10-8-19(9-11-20)21(24)18(3)4;;/h18-21H,5-17H2,1-4H3,(H,24,25);17-20H,5-16H2,1-4H3,(H,23,25);2*1H. The summed E-state index contributed by atoms with van der Waals surface area (Å²) in [5.74, 6) is 2.83. The molecular weight excluding hydrogens is 712 g/mol. The summed E-state index contributed by atoms with van der Waals surface area (Å²) in [5, 5.41) is 6.10. The van der Waals surface area contributed by atoms with Crippen LogP contribution in [0.2, 0.25) is 0 Å². The van der Waals surface area contributed by atoms with Crippen LogP contribution >= 0.6 is 0 Å². The molecule has 2 aliphatic rings. The molecule has 2 aliphatic carbocycles. The highest BCUT2D eigenvalue weighted by Gasteiger charge is 2.31. The zero-order valence-electron chi connectivity index (χ0n) is 37.0. The fourth-order valence-corrected chi connectivity index (χ4v) is 6.96. The van der Waals surface area contributed by atoms with E-state index in [-0.39, 0.29) is 50.3 Å². The number of ketones is 2. The lowest BCUT2D eigenvalue weighted by Gasteiger charge is -2.29. The summed E-state index contributed by atoms with van der Waals surface area (Å²) in [6.07, 6.45) is 12.5. The Labute approximate surface area is 344 Å². The van der Waals surface area contributed by atoms with E-state index in [0.717, 1.165) is 103 Å². The SMILES string of the molecule is CC(C)COCCCCOCCCNC(=O)C1CCC(C(=O)C(C)C)CC1.CCC(C)CCOCCOCCOCCC(=O)NC1CCC(C(=O)C(C)C)CC1.[HH].[HH]. The number of amides is 2. The Hall–Kier alpha value is -1.92. The Kier molecular flexibility index (Phi) is 30.7. The lowest BCUT2D eigenvalue weighted by molar-refractivity contribution is -0.130. The van der Waals surface area contributed by atoms with Crippen LogP contribution in [0.15, 0.2) is 0 Å². The van der Waals surface area contributed by atoms with E-state index in [2.05, 4.69) is 38.3 Å². The Morgan fingerprint density at radius 1 is 0.571 bits per heavy atom. The van der Waals surface area contributed by atoms with Crippen LogP contribution < -0.4 is 10.6 Å². The first-order valence-corrected chi connectivity index (χ1v) is 22.4. The molecule has 0 radical (unpaired) electrons. The number of rotatable bonds is 30. The molecule has 0 aromatic heterocycles. The second-order valence-corrected chi connectivity index (χ2v) is 17.1. The molecule has 0 aliphatic heterocycles. The first-order chi connectivity index (χ1) is 26.8. The van der Waals surface area contributed by atoms with Crippen LogP contribution in [0.25, 0.3) is 0 Å². The van der Waals surface area contributed by atoms with Gasteiger partial charge in [-0.15, -0.1) is 0 Å². The third-order valence-electron chi connectivity index (χ3n) is 10.8. The summed E-state index contributed by atoms with van der Waals surface area (Å²) < 4.78 is 27.6. The molecule has 1 atom stereocenters. The summed E-state index contributed by atoms with van der Waals surface area (Å²) in [5.41, 5.74) is 0. The van der Waals surface area contributed by atoms with E-state index in [1.165, 1.54) is 6.42 Å². The fourth-order valence-electron chi connectivity index (χ4n) is 6.96. The average molecular weight is 801 g/mol. The van der Waals surface area contributed by atoms with Crippen molar-refractivity contribution in [1.29, 1.82) is 0 Å². The Morgan fingerprint density at radius 2 is 1.04 bits per heavy atom. The minimum absolute atomic E-state index is 0. The minimum atomic E-state index is 0. The van der Waals surface area contributed by atoms with Crippen LogP contribution in [-0.4, -0.2) is 102 Å². The summed E-state index contributed by atoms with van der Waals surface area (Å²) in [7, 11) is 0. The maximum atomic E-state index is 12.2. The van der Waals surface area contributed by atoms with Gasteiger partial charge in [0.1, 0.15) is 11.6 Å². The second kappa shape index (κ2) is 33.0. The topological polar surface area (TPSA) is 138 Å². The number of carbonyl (C=O) groups excluding carboxylic acids is 4. The van der Waals surface area contributed by atoms with Gasteiger partial charge < -0.3 is 34.3 Å². The van der Waals surface area contributed by atoms with Crippen LogP contribution in [0, 0.1) is 41.4 Å².